The Morgan fingerprint density at radius 1 is 1.27 bits per heavy atom. The summed E-state index contributed by atoms with van der Waals surface area (Å²) < 4.78 is 22.6. The Balaban J connectivity index is 5.02. The zero-order valence-corrected chi connectivity index (χ0v) is 15.4. The van der Waals surface area contributed by atoms with Crippen molar-refractivity contribution in [1.82, 2.24) is 4.57 Å². The first-order valence-electron chi connectivity index (χ1n) is 7.20. The number of aliphatic carboxylic acids is 1. The van der Waals surface area contributed by atoms with Crippen molar-refractivity contribution in [3.05, 3.63) is 0 Å². The zero-order valence-electron chi connectivity index (χ0n) is 14.0. The lowest BCUT2D eigenvalue weighted by atomic mass is 10.2. The van der Waals surface area contributed by atoms with E-state index in [2.05, 4.69) is 0 Å². The standard InChI is InChI=1S/C13H27NO7Si/c1-6-8-14(22-21-13(3,18-4)19-5)10(9-11(15)16)12(17)20-7-2/h10H,6-9,22H2,1-5H3,(H,15,16). The number of nitrogens with zero attached hydrogens (tertiary/aromatic N) is 1. The van der Waals surface area contributed by atoms with Crippen LogP contribution in [0.25, 0.3) is 0 Å². The van der Waals surface area contributed by atoms with Crippen molar-refractivity contribution < 1.29 is 33.3 Å². The molecule has 0 heterocycles. The number of esters is 1. The smallest absolute Gasteiger partial charge is 0.323 e. The van der Waals surface area contributed by atoms with Gasteiger partial charge in [0.1, 0.15) is 6.04 Å². The molecule has 1 atom stereocenters. The Hall–Kier alpha value is -1.00. The average Bonchev–Trinajstić information content (AvgIpc) is 2.49. The summed E-state index contributed by atoms with van der Waals surface area (Å²) in [6.07, 6.45) is 0.425. The molecule has 9 heteroatoms. The second kappa shape index (κ2) is 10.7. The molecular formula is C13H27NO7Si. The number of carbonyl (C=O) groups excluding carboxylic acids is 1. The Labute approximate surface area is 133 Å². The number of carboxylic acids is 1. The maximum Gasteiger partial charge on any atom is 0.323 e. The molecule has 1 N–H and O–H groups in total. The molecule has 0 amide bonds. The lowest BCUT2D eigenvalue weighted by molar-refractivity contribution is -0.312. The molecule has 0 saturated carbocycles. The Kier molecular flexibility index (Phi) is 10.2. The Morgan fingerprint density at radius 2 is 1.86 bits per heavy atom. The molecular weight excluding hydrogens is 310 g/mol. The summed E-state index contributed by atoms with van der Waals surface area (Å²) in [6, 6.07) is -0.859. The monoisotopic (exact) mass is 337 g/mol. The highest BCUT2D eigenvalue weighted by atomic mass is 28.2. The molecule has 0 bridgehead atoms. The number of rotatable bonds is 12. The van der Waals surface area contributed by atoms with Crippen molar-refractivity contribution in [2.24, 2.45) is 0 Å². The summed E-state index contributed by atoms with van der Waals surface area (Å²) in [5.74, 6) is -2.82. The van der Waals surface area contributed by atoms with Crippen LogP contribution in [0.15, 0.2) is 0 Å². The van der Waals surface area contributed by atoms with Gasteiger partial charge in [-0.2, -0.15) is 0 Å². The fourth-order valence-corrected chi connectivity index (χ4v) is 3.30. The van der Waals surface area contributed by atoms with Crippen LogP contribution >= 0.6 is 0 Å². The number of hydrogen-bond donors (Lipinski definition) is 1. The summed E-state index contributed by atoms with van der Waals surface area (Å²) in [5, 5.41) is 9.03. The first kappa shape index (κ1) is 21.0. The van der Waals surface area contributed by atoms with E-state index in [1.807, 2.05) is 6.92 Å². The molecule has 0 radical (unpaired) electrons. The van der Waals surface area contributed by atoms with Crippen LogP contribution in [-0.4, -0.2) is 70.9 Å². The number of hydrogen-bond acceptors (Lipinski definition) is 7. The number of ether oxygens (including phenoxy) is 3. The van der Waals surface area contributed by atoms with Crippen molar-refractivity contribution in [1.29, 1.82) is 0 Å². The second-order valence-corrected chi connectivity index (χ2v) is 6.08. The van der Waals surface area contributed by atoms with Gasteiger partial charge >= 0.3 is 11.9 Å². The van der Waals surface area contributed by atoms with Crippen molar-refractivity contribution in [2.75, 3.05) is 27.4 Å². The van der Waals surface area contributed by atoms with Gasteiger partial charge in [0.15, 0.2) is 0 Å². The molecule has 0 rings (SSSR count). The van der Waals surface area contributed by atoms with E-state index in [0.29, 0.717) is 6.54 Å². The SMILES string of the molecule is CCCN([SiH2]OC(C)(OC)OC)C(CC(=O)O)C(=O)OCC. The third kappa shape index (κ3) is 7.32. The van der Waals surface area contributed by atoms with E-state index >= 15 is 0 Å². The minimum Gasteiger partial charge on any atom is -0.481 e. The summed E-state index contributed by atoms with van der Waals surface area (Å²) in [5.41, 5.74) is 0. The van der Waals surface area contributed by atoms with E-state index < -0.39 is 33.9 Å². The maximum atomic E-state index is 12.0. The molecule has 0 aromatic rings. The largest absolute Gasteiger partial charge is 0.481 e. The predicted octanol–water partition coefficient (Wildman–Crippen LogP) is 0.0867. The minimum absolute atomic E-state index is 0.200. The van der Waals surface area contributed by atoms with Crippen LogP contribution in [0.3, 0.4) is 0 Å². The minimum atomic E-state index is -1.44. The van der Waals surface area contributed by atoms with Crippen LogP contribution < -0.4 is 0 Å². The second-order valence-electron chi connectivity index (χ2n) is 4.72. The normalized spacial score (nSPS) is 13.7. The maximum absolute atomic E-state index is 12.0. The molecule has 0 fully saturated rings. The fraction of sp³-hybridized carbons (Fsp3) is 0.846. The van der Waals surface area contributed by atoms with Gasteiger partial charge in [0.25, 0.3) is 5.97 Å². The Morgan fingerprint density at radius 3 is 2.27 bits per heavy atom. The predicted molar refractivity (Wildman–Crippen MR) is 81.7 cm³/mol. The van der Waals surface area contributed by atoms with E-state index in [1.54, 1.807) is 18.4 Å². The van der Waals surface area contributed by atoms with Crippen LogP contribution in [0.5, 0.6) is 0 Å². The van der Waals surface area contributed by atoms with Gasteiger partial charge in [-0.15, -0.1) is 0 Å². The van der Waals surface area contributed by atoms with Crippen molar-refractivity contribution in [2.45, 2.75) is 45.6 Å². The molecule has 0 aliphatic carbocycles. The van der Waals surface area contributed by atoms with Gasteiger partial charge in [-0.1, -0.05) is 6.92 Å². The quantitative estimate of drug-likeness (QED) is 0.304. The first-order valence-corrected chi connectivity index (χ1v) is 8.41. The summed E-state index contributed by atoms with van der Waals surface area (Å²) >= 11 is 0. The molecule has 0 saturated heterocycles. The van der Waals surface area contributed by atoms with E-state index in [4.69, 9.17) is 23.7 Å². The number of methoxy groups -OCH3 is 2. The van der Waals surface area contributed by atoms with Crippen molar-refractivity contribution in [3.8, 4) is 0 Å². The van der Waals surface area contributed by atoms with Crippen LogP contribution in [-0.2, 0) is 28.2 Å². The lowest BCUT2D eigenvalue weighted by Crippen LogP contribution is -2.49. The van der Waals surface area contributed by atoms with E-state index in [0.717, 1.165) is 6.42 Å². The van der Waals surface area contributed by atoms with E-state index in [-0.39, 0.29) is 13.0 Å². The van der Waals surface area contributed by atoms with Gasteiger partial charge in [-0.25, -0.2) is 0 Å². The van der Waals surface area contributed by atoms with E-state index in [1.165, 1.54) is 14.2 Å². The van der Waals surface area contributed by atoms with Crippen molar-refractivity contribution >= 4 is 21.9 Å². The average molecular weight is 337 g/mol. The molecule has 0 aromatic carbocycles. The first-order chi connectivity index (χ1) is 10.3. The third-order valence-corrected chi connectivity index (χ3v) is 4.85. The highest BCUT2D eigenvalue weighted by molar-refractivity contribution is 6.24. The topological polar surface area (TPSA) is 94.5 Å². The highest BCUT2D eigenvalue weighted by Gasteiger charge is 2.32. The lowest BCUT2D eigenvalue weighted by Gasteiger charge is -2.33. The molecule has 0 spiro atoms. The highest BCUT2D eigenvalue weighted by Crippen LogP contribution is 2.14. The Bertz CT molecular complexity index is 349. The number of carbonyl (C=O) groups is 2. The molecule has 8 nitrogen and oxygen atoms in total. The molecule has 22 heavy (non-hydrogen) atoms. The van der Waals surface area contributed by atoms with Gasteiger partial charge in [0, 0.05) is 21.1 Å². The van der Waals surface area contributed by atoms with Gasteiger partial charge in [0.05, 0.1) is 13.0 Å². The van der Waals surface area contributed by atoms with Crippen LogP contribution in [0.1, 0.15) is 33.6 Å². The number of carboxylic acid groups (broad SMARTS) is 1. The molecule has 1 unspecified atom stereocenters. The molecule has 0 aromatic heterocycles. The summed E-state index contributed by atoms with van der Waals surface area (Å²) in [7, 11) is 1.45. The summed E-state index contributed by atoms with van der Waals surface area (Å²) in [6.45, 7) is 5.97. The van der Waals surface area contributed by atoms with Crippen LogP contribution in [0, 0.1) is 0 Å². The van der Waals surface area contributed by atoms with Gasteiger partial charge in [0.2, 0.25) is 9.92 Å². The third-order valence-electron chi connectivity index (χ3n) is 3.11. The van der Waals surface area contributed by atoms with Crippen LogP contribution in [0.2, 0.25) is 0 Å². The molecule has 0 aliphatic rings. The molecule has 0 aliphatic heterocycles. The van der Waals surface area contributed by atoms with Gasteiger partial charge in [-0.3, -0.25) is 14.2 Å². The fourth-order valence-electron chi connectivity index (χ4n) is 1.76. The van der Waals surface area contributed by atoms with E-state index in [9.17, 15) is 9.59 Å². The zero-order chi connectivity index (χ0) is 17.2. The van der Waals surface area contributed by atoms with Crippen molar-refractivity contribution in [3.63, 3.8) is 0 Å². The summed E-state index contributed by atoms with van der Waals surface area (Å²) in [4.78, 5) is 23.1. The van der Waals surface area contributed by atoms with Crippen LogP contribution in [0.4, 0.5) is 0 Å². The molecule has 130 valence electrons. The van der Waals surface area contributed by atoms with Gasteiger partial charge in [-0.05, 0) is 19.9 Å². The van der Waals surface area contributed by atoms with Gasteiger partial charge < -0.3 is 23.7 Å².